The molecule has 0 radical (unpaired) electrons. The van der Waals surface area contributed by atoms with E-state index in [1.165, 1.54) is 6.07 Å². The molecule has 0 N–H and O–H groups in total. The molecule has 5 heteroatoms. The predicted octanol–water partition coefficient (Wildman–Crippen LogP) is 6.50. The molecule has 1 saturated heterocycles. The van der Waals surface area contributed by atoms with Crippen molar-refractivity contribution in [3.05, 3.63) is 88.7 Å². The van der Waals surface area contributed by atoms with Crippen molar-refractivity contribution in [3.63, 3.8) is 0 Å². The third kappa shape index (κ3) is 4.87. The Morgan fingerprint density at radius 3 is 2.55 bits per heavy atom. The lowest BCUT2D eigenvalue weighted by atomic mass is 9.92. The van der Waals surface area contributed by atoms with Crippen molar-refractivity contribution >= 4 is 6.09 Å². The molecule has 1 heterocycles. The van der Waals surface area contributed by atoms with Crippen molar-refractivity contribution < 1.29 is 18.7 Å². The number of carbonyl (C=O) groups is 1. The van der Waals surface area contributed by atoms with Gasteiger partial charge in [0.1, 0.15) is 18.2 Å². The number of amides is 1. The van der Waals surface area contributed by atoms with Crippen LogP contribution in [0.15, 0.2) is 60.7 Å². The SMILES string of the molecule is COc1cc(F)c(C(C)C)cc1-c1ccc(C)cc1CN1C(=O)OC[C@@H]1Cc1ccccc1. The Balaban J connectivity index is 1.72. The number of nitrogens with zero attached hydrogens (tertiary/aromatic N) is 1. The number of ether oxygens (including phenoxy) is 2. The van der Waals surface area contributed by atoms with Gasteiger partial charge in [-0.15, -0.1) is 0 Å². The zero-order valence-corrected chi connectivity index (χ0v) is 19.6. The summed E-state index contributed by atoms with van der Waals surface area (Å²) in [5.74, 6) is 0.240. The fourth-order valence-electron chi connectivity index (χ4n) is 4.43. The minimum absolute atomic E-state index is 0.0346. The van der Waals surface area contributed by atoms with Crippen LogP contribution in [0.4, 0.5) is 9.18 Å². The van der Waals surface area contributed by atoms with Crippen LogP contribution in [0.3, 0.4) is 0 Å². The second-order valence-electron chi connectivity index (χ2n) is 8.94. The highest BCUT2D eigenvalue weighted by atomic mass is 19.1. The van der Waals surface area contributed by atoms with Crippen LogP contribution in [0, 0.1) is 12.7 Å². The van der Waals surface area contributed by atoms with Crippen molar-refractivity contribution in [2.45, 2.75) is 45.7 Å². The summed E-state index contributed by atoms with van der Waals surface area (Å²) < 4.78 is 25.6. The maximum absolute atomic E-state index is 14.6. The number of hydrogen-bond acceptors (Lipinski definition) is 3. The number of rotatable bonds is 7. The fraction of sp³-hybridized carbons (Fsp3) is 0.321. The van der Waals surface area contributed by atoms with Crippen molar-refractivity contribution in [2.24, 2.45) is 0 Å². The zero-order chi connectivity index (χ0) is 23.5. The molecule has 0 aromatic heterocycles. The first kappa shape index (κ1) is 22.8. The predicted molar refractivity (Wildman–Crippen MR) is 128 cm³/mol. The van der Waals surface area contributed by atoms with Crippen molar-refractivity contribution in [1.29, 1.82) is 0 Å². The molecule has 0 unspecified atom stereocenters. The molecule has 1 amide bonds. The van der Waals surface area contributed by atoms with Crippen molar-refractivity contribution in [1.82, 2.24) is 4.90 Å². The van der Waals surface area contributed by atoms with Crippen LogP contribution >= 0.6 is 0 Å². The van der Waals surface area contributed by atoms with Crippen molar-refractivity contribution in [3.8, 4) is 16.9 Å². The lowest BCUT2D eigenvalue weighted by molar-refractivity contribution is 0.156. The van der Waals surface area contributed by atoms with Crippen LogP contribution in [0.5, 0.6) is 5.75 Å². The van der Waals surface area contributed by atoms with E-state index in [9.17, 15) is 9.18 Å². The third-order valence-electron chi connectivity index (χ3n) is 6.22. The van der Waals surface area contributed by atoms with Gasteiger partial charge in [-0.3, -0.25) is 4.90 Å². The van der Waals surface area contributed by atoms with Gasteiger partial charge in [0.15, 0.2) is 0 Å². The van der Waals surface area contributed by atoms with E-state index in [1.807, 2.05) is 57.2 Å². The molecule has 0 bridgehead atoms. The first-order valence-electron chi connectivity index (χ1n) is 11.3. The third-order valence-corrected chi connectivity index (χ3v) is 6.22. The summed E-state index contributed by atoms with van der Waals surface area (Å²) in [5.41, 5.74) is 5.62. The molecule has 33 heavy (non-hydrogen) atoms. The van der Waals surface area contributed by atoms with Crippen LogP contribution in [0.1, 0.15) is 42.0 Å². The average Bonchev–Trinajstić information content (AvgIpc) is 3.13. The van der Waals surface area contributed by atoms with Crippen LogP contribution < -0.4 is 4.74 Å². The van der Waals surface area contributed by atoms with E-state index in [0.29, 0.717) is 24.5 Å². The summed E-state index contributed by atoms with van der Waals surface area (Å²) in [6, 6.07) is 19.5. The molecular formula is C28H30FNO3. The molecule has 4 rings (SSSR count). The Morgan fingerprint density at radius 2 is 1.85 bits per heavy atom. The van der Waals surface area contributed by atoms with Gasteiger partial charge in [-0.05, 0) is 47.6 Å². The molecule has 0 spiro atoms. The van der Waals surface area contributed by atoms with E-state index in [-0.39, 0.29) is 23.9 Å². The topological polar surface area (TPSA) is 38.8 Å². The maximum atomic E-state index is 14.6. The normalized spacial score (nSPS) is 15.8. The highest BCUT2D eigenvalue weighted by Crippen LogP contribution is 2.38. The Kier molecular flexibility index (Phi) is 6.68. The van der Waals surface area contributed by atoms with Gasteiger partial charge in [0.25, 0.3) is 0 Å². The van der Waals surface area contributed by atoms with Crippen LogP contribution in [-0.4, -0.2) is 30.8 Å². The molecule has 3 aromatic rings. The molecule has 1 fully saturated rings. The molecule has 1 aliphatic heterocycles. The van der Waals surface area contributed by atoms with Gasteiger partial charge >= 0.3 is 6.09 Å². The average molecular weight is 448 g/mol. The Morgan fingerprint density at radius 1 is 1.09 bits per heavy atom. The smallest absolute Gasteiger partial charge is 0.410 e. The van der Waals surface area contributed by atoms with Gasteiger partial charge in [-0.2, -0.15) is 0 Å². The van der Waals surface area contributed by atoms with Crippen LogP contribution in [-0.2, 0) is 17.7 Å². The molecule has 0 aliphatic carbocycles. The number of benzene rings is 3. The Hall–Kier alpha value is -3.34. The fourth-order valence-corrected chi connectivity index (χ4v) is 4.43. The zero-order valence-electron chi connectivity index (χ0n) is 19.6. The number of halogens is 1. The van der Waals surface area contributed by atoms with Gasteiger partial charge in [0.2, 0.25) is 0 Å². The number of methoxy groups -OCH3 is 1. The molecule has 1 atom stereocenters. The van der Waals surface area contributed by atoms with Gasteiger partial charge in [0.05, 0.1) is 19.7 Å². The van der Waals surface area contributed by atoms with Crippen LogP contribution in [0.25, 0.3) is 11.1 Å². The summed E-state index contributed by atoms with van der Waals surface area (Å²) in [5, 5.41) is 0. The lowest BCUT2D eigenvalue weighted by Gasteiger charge is -2.24. The monoisotopic (exact) mass is 447 g/mol. The molecule has 0 saturated carbocycles. The van der Waals surface area contributed by atoms with E-state index in [1.54, 1.807) is 12.0 Å². The molecule has 172 valence electrons. The number of aryl methyl sites for hydroxylation is 1. The van der Waals surface area contributed by atoms with Gasteiger partial charge in [0, 0.05) is 11.6 Å². The van der Waals surface area contributed by atoms with Gasteiger partial charge in [-0.1, -0.05) is 67.9 Å². The van der Waals surface area contributed by atoms with Gasteiger partial charge < -0.3 is 9.47 Å². The number of cyclic esters (lactones) is 1. The molecule has 3 aromatic carbocycles. The largest absolute Gasteiger partial charge is 0.496 e. The van der Waals surface area contributed by atoms with E-state index >= 15 is 0 Å². The summed E-state index contributed by atoms with van der Waals surface area (Å²) >= 11 is 0. The lowest BCUT2D eigenvalue weighted by Crippen LogP contribution is -2.34. The first-order chi connectivity index (χ1) is 15.9. The Labute approximate surface area is 195 Å². The molecular weight excluding hydrogens is 417 g/mol. The Bertz CT molecular complexity index is 1140. The van der Waals surface area contributed by atoms with E-state index < -0.39 is 0 Å². The minimum Gasteiger partial charge on any atom is -0.496 e. The van der Waals surface area contributed by atoms with E-state index in [0.717, 1.165) is 34.2 Å². The number of hydrogen-bond donors (Lipinski definition) is 0. The quantitative estimate of drug-likeness (QED) is 0.415. The summed E-state index contributed by atoms with van der Waals surface area (Å²) in [6.07, 6.45) is 0.419. The molecule has 4 nitrogen and oxygen atoms in total. The summed E-state index contributed by atoms with van der Waals surface area (Å²) in [7, 11) is 1.55. The highest BCUT2D eigenvalue weighted by molar-refractivity contribution is 5.76. The molecule has 1 aliphatic rings. The van der Waals surface area contributed by atoms with Crippen LogP contribution in [0.2, 0.25) is 0 Å². The minimum atomic E-state index is -0.308. The first-order valence-corrected chi connectivity index (χ1v) is 11.3. The summed E-state index contributed by atoms with van der Waals surface area (Å²) in [4.78, 5) is 14.4. The maximum Gasteiger partial charge on any atom is 0.410 e. The highest BCUT2D eigenvalue weighted by Gasteiger charge is 2.33. The number of carbonyl (C=O) groups excluding carboxylic acids is 1. The summed E-state index contributed by atoms with van der Waals surface area (Å²) in [6.45, 7) is 6.74. The van der Waals surface area contributed by atoms with E-state index in [2.05, 4.69) is 18.2 Å². The second kappa shape index (κ2) is 9.65. The van der Waals surface area contributed by atoms with Crippen molar-refractivity contribution in [2.75, 3.05) is 13.7 Å². The standard InChI is InChI=1S/C28H30FNO3/c1-18(2)24-14-25(27(32-4)15-26(24)29)23-11-10-19(3)12-21(23)16-30-22(17-33-28(30)31)13-20-8-6-5-7-9-20/h5-12,14-15,18,22H,13,16-17H2,1-4H3/t22-/m0/s1. The van der Waals surface area contributed by atoms with E-state index in [4.69, 9.17) is 9.47 Å². The van der Waals surface area contributed by atoms with Gasteiger partial charge in [-0.25, -0.2) is 9.18 Å². The second-order valence-corrected chi connectivity index (χ2v) is 8.94.